The molecule has 0 bridgehead atoms. The molecule has 1 saturated heterocycles. The maximum atomic E-state index is 12.3. The van der Waals surface area contributed by atoms with Crippen molar-refractivity contribution in [1.29, 1.82) is 0 Å². The molecule has 4 atom stereocenters. The highest BCUT2D eigenvalue weighted by Crippen LogP contribution is 2.47. The van der Waals surface area contributed by atoms with E-state index in [1.54, 1.807) is 0 Å². The molecule has 1 aromatic carbocycles. The Balaban J connectivity index is 1.37. The minimum Gasteiger partial charge on any atom is -0.445 e. The van der Waals surface area contributed by atoms with E-state index in [9.17, 15) is 4.79 Å². The van der Waals surface area contributed by atoms with Crippen LogP contribution in [-0.4, -0.2) is 54.6 Å². The first-order valence-electron chi connectivity index (χ1n) is 9.74. The topological polar surface area (TPSA) is 86.3 Å². The summed E-state index contributed by atoms with van der Waals surface area (Å²) in [7, 11) is 0. The van der Waals surface area contributed by atoms with Crippen LogP contribution in [0.3, 0.4) is 0 Å². The average molecular weight is 377 g/mol. The van der Waals surface area contributed by atoms with Crippen molar-refractivity contribution < 1.29 is 28.8 Å². The standard InChI is InChI=1S/C20H27NO6/c22-10-11-24-16-12-15(17-18(16)27-20(26-17)8-4-5-9-20)21-19(23)25-13-14-6-2-1-3-7-14/h1-3,6-7,15-18,22H,4-5,8-13H2,(H,21,23)/t15-,16+,17+,18-/m1/s1. The Labute approximate surface area is 158 Å². The second-order valence-corrected chi connectivity index (χ2v) is 7.46. The van der Waals surface area contributed by atoms with Crippen LogP contribution in [0.4, 0.5) is 4.79 Å². The number of benzene rings is 1. The van der Waals surface area contributed by atoms with E-state index in [1.165, 1.54) is 0 Å². The number of ether oxygens (including phenoxy) is 4. The molecule has 7 nitrogen and oxygen atoms in total. The van der Waals surface area contributed by atoms with Gasteiger partial charge in [-0.1, -0.05) is 30.3 Å². The predicted octanol–water partition coefficient (Wildman–Crippen LogP) is 2.12. The molecule has 1 amide bonds. The minimum absolute atomic E-state index is 0.0445. The number of nitrogens with one attached hydrogen (secondary N) is 1. The summed E-state index contributed by atoms with van der Waals surface area (Å²) < 4.78 is 23.7. The van der Waals surface area contributed by atoms with Crippen molar-refractivity contribution in [2.45, 2.75) is 68.9 Å². The van der Waals surface area contributed by atoms with Gasteiger partial charge in [0.15, 0.2) is 5.79 Å². The summed E-state index contributed by atoms with van der Waals surface area (Å²) in [6.45, 7) is 0.422. The van der Waals surface area contributed by atoms with Gasteiger partial charge < -0.3 is 29.4 Å². The van der Waals surface area contributed by atoms with Crippen LogP contribution in [0.15, 0.2) is 30.3 Å². The van der Waals surface area contributed by atoms with E-state index in [-0.39, 0.29) is 44.2 Å². The highest BCUT2D eigenvalue weighted by Gasteiger charge is 2.58. The second kappa shape index (κ2) is 8.14. The molecule has 0 unspecified atom stereocenters. The Bertz CT molecular complexity index is 633. The third kappa shape index (κ3) is 4.11. The summed E-state index contributed by atoms with van der Waals surface area (Å²) >= 11 is 0. The fourth-order valence-electron chi connectivity index (χ4n) is 4.35. The van der Waals surface area contributed by atoms with Crippen LogP contribution >= 0.6 is 0 Å². The molecule has 3 fully saturated rings. The maximum Gasteiger partial charge on any atom is 0.407 e. The zero-order valence-corrected chi connectivity index (χ0v) is 15.3. The first-order chi connectivity index (χ1) is 13.2. The van der Waals surface area contributed by atoms with E-state index < -0.39 is 11.9 Å². The molecule has 148 valence electrons. The molecule has 1 heterocycles. The number of carbonyl (C=O) groups is 1. The van der Waals surface area contributed by atoms with Crippen molar-refractivity contribution in [1.82, 2.24) is 5.32 Å². The van der Waals surface area contributed by atoms with Gasteiger partial charge in [-0.15, -0.1) is 0 Å². The summed E-state index contributed by atoms with van der Waals surface area (Å²) in [5, 5.41) is 12.0. The van der Waals surface area contributed by atoms with Crippen LogP contribution in [0.5, 0.6) is 0 Å². The fraction of sp³-hybridized carbons (Fsp3) is 0.650. The monoisotopic (exact) mass is 377 g/mol. The molecule has 7 heteroatoms. The van der Waals surface area contributed by atoms with Crippen molar-refractivity contribution in [2.24, 2.45) is 0 Å². The van der Waals surface area contributed by atoms with Crippen molar-refractivity contribution >= 4 is 6.09 Å². The lowest BCUT2D eigenvalue weighted by atomic mass is 10.2. The summed E-state index contributed by atoms with van der Waals surface area (Å²) in [5.74, 6) is -0.537. The fourth-order valence-corrected chi connectivity index (χ4v) is 4.35. The zero-order chi connectivity index (χ0) is 18.7. The highest BCUT2D eigenvalue weighted by molar-refractivity contribution is 5.67. The van der Waals surface area contributed by atoms with Crippen LogP contribution in [0.25, 0.3) is 0 Å². The van der Waals surface area contributed by atoms with E-state index in [4.69, 9.17) is 24.1 Å². The lowest BCUT2D eigenvalue weighted by Gasteiger charge is -2.26. The van der Waals surface area contributed by atoms with E-state index in [2.05, 4.69) is 5.32 Å². The smallest absolute Gasteiger partial charge is 0.407 e. The minimum atomic E-state index is -0.537. The van der Waals surface area contributed by atoms with Gasteiger partial charge in [-0.2, -0.15) is 0 Å². The molecule has 0 aromatic heterocycles. The van der Waals surface area contributed by atoms with E-state index in [1.807, 2.05) is 30.3 Å². The summed E-state index contributed by atoms with van der Waals surface area (Å²) in [6.07, 6.45) is 3.33. The largest absolute Gasteiger partial charge is 0.445 e. The number of carbonyl (C=O) groups excluding carboxylic acids is 1. The predicted molar refractivity (Wildman–Crippen MR) is 95.9 cm³/mol. The van der Waals surface area contributed by atoms with Crippen molar-refractivity contribution in [3.63, 3.8) is 0 Å². The van der Waals surface area contributed by atoms with Crippen LogP contribution in [0.2, 0.25) is 0 Å². The van der Waals surface area contributed by atoms with Gasteiger partial charge in [0.05, 0.1) is 25.4 Å². The molecule has 1 aliphatic heterocycles. The molecule has 4 rings (SSSR count). The SMILES string of the molecule is O=C(N[C@@H]1C[C@H](OCCO)[C@H]2OC3(CCCC3)O[C@H]21)OCc1ccccc1. The first-order valence-corrected chi connectivity index (χ1v) is 9.74. The van der Waals surface area contributed by atoms with Gasteiger partial charge in [0.1, 0.15) is 18.8 Å². The zero-order valence-electron chi connectivity index (χ0n) is 15.3. The number of aliphatic hydroxyl groups is 1. The number of hydrogen-bond donors (Lipinski definition) is 2. The molecule has 2 aliphatic carbocycles. The summed E-state index contributed by atoms with van der Waals surface area (Å²) in [6, 6.07) is 9.33. The summed E-state index contributed by atoms with van der Waals surface area (Å²) in [5.41, 5.74) is 0.937. The van der Waals surface area contributed by atoms with Gasteiger partial charge in [-0.05, 0) is 24.8 Å². The van der Waals surface area contributed by atoms with Gasteiger partial charge in [0.25, 0.3) is 0 Å². The lowest BCUT2D eigenvalue weighted by Crippen LogP contribution is -2.43. The Kier molecular flexibility index (Phi) is 5.63. The Morgan fingerprint density at radius 3 is 2.67 bits per heavy atom. The number of alkyl carbamates (subject to hydrolysis) is 1. The van der Waals surface area contributed by atoms with Gasteiger partial charge in [0, 0.05) is 12.8 Å². The number of fused-ring (bicyclic) bond motifs is 1. The third-order valence-electron chi connectivity index (χ3n) is 5.58. The number of hydrogen-bond acceptors (Lipinski definition) is 6. The summed E-state index contributed by atoms with van der Waals surface area (Å²) in [4.78, 5) is 12.3. The third-order valence-corrected chi connectivity index (χ3v) is 5.58. The molecule has 2 N–H and O–H groups in total. The number of rotatable bonds is 6. The van der Waals surface area contributed by atoms with E-state index in [0.717, 1.165) is 31.2 Å². The molecule has 1 spiro atoms. The van der Waals surface area contributed by atoms with Gasteiger partial charge >= 0.3 is 6.09 Å². The second-order valence-electron chi connectivity index (χ2n) is 7.46. The molecule has 2 saturated carbocycles. The van der Waals surface area contributed by atoms with Gasteiger partial charge in [0.2, 0.25) is 0 Å². The van der Waals surface area contributed by atoms with Crippen LogP contribution in [0, 0.1) is 0 Å². The van der Waals surface area contributed by atoms with E-state index >= 15 is 0 Å². The molecule has 27 heavy (non-hydrogen) atoms. The highest BCUT2D eigenvalue weighted by atomic mass is 16.8. The van der Waals surface area contributed by atoms with Gasteiger partial charge in [-0.3, -0.25) is 0 Å². The van der Waals surface area contributed by atoms with Crippen molar-refractivity contribution in [3.05, 3.63) is 35.9 Å². The van der Waals surface area contributed by atoms with Gasteiger partial charge in [-0.25, -0.2) is 4.79 Å². The first kappa shape index (κ1) is 18.7. The van der Waals surface area contributed by atoms with E-state index in [0.29, 0.717) is 6.42 Å². The van der Waals surface area contributed by atoms with Crippen LogP contribution in [-0.2, 0) is 25.6 Å². The maximum absolute atomic E-state index is 12.3. The number of aliphatic hydroxyl groups excluding tert-OH is 1. The molecular weight excluding hydrogens is 350 g/mol. The molecular formula is C20H27NO6. The Morgan fingerprint density at radius 1 is 1.19 bits per heavy atom. The van der Waals surface area contributed by atoms with Crippen LogP contribution in [0.1, 0.15) is 37.7 Å². The average Bonchev–Trinajstić information content (AvgIpc) is 3.37. The molecule has 1 aromatic rings. The normalized spacial score (nSPS) is 31.1. The Morgan fingerprint density at radius 2 is 1.93 bits per heavy atom. The quantitative estimate of drug-likeness (QED) is 0.790. The molecule has 3 aliphatic rings. The Hall–Kier alpha value is -1.67. The number of amides is 1. The van der Waals surface area contributed by atoms with Crippen LogP contribution < -0.4 is 5.32 Å². The molecule has 0 radical (unpaired) electrons. The lowest BCUT2D eigenvalue weighted by molar-refractivity contribution is -0.188. The van der Waals surface area contributed by atoms with Crippen molar-refractivity contribution in [2.75, 3.05) is 13.2 Å². The van der Waals surface area contributed by atoms with Crippen molar-refractivity contribution in [3.8, 4) is 0 Å².